The van der Waals surface area contributed by atoms with E-state index in [9.17, 15) is 18.3 Å². The molecule has 0 saturated carbocycles. The van der Waals surface area contributed by atoms with E-state index in [2.05, 4.69) is 4.72 Å². The minimum absolute atomic E-state index is 0.0735. The number of nitrogens with one attached hydrogen (secondary N) is 1. The second-order valence-electron chi connectivity index (χ2n) is 5.35. The molecule has 0 aromatic rings. The van der Waals surface area contributed by atoms with Gasteiger partial charge in [0, 0.05) is 19.1 Å². The highest BCUT2D eigenvalue weighted by atomic mass is 32.2. The Balaban J connectivity index is 2.62. The van der Waals surface area contributed by atoms with Crippen LogP contribution in [0.15, 0.2) is 0 Å². The smallest absolute Gasteiger partial charge is 0.306 e. The lowest BCUT2D eigenvalue weighted by Crippen LogP contribution is -2.51. The van der Waals surface area contributed by atoms with Crippen molar-refractivity contribution in [2.75, 3.05) is 13.1 Å². The first-order valence-electron chi connectivity index (χ1n) is 6.35. The maximum Gasteiger partial charge on any atom is 0.306 e. The lowest BCUT2D eigenvalue weighted by molar-refractivity contribution is -0.141. The fraction of sp³-hybridized carbons (Fsp3) is 0.909. The van der Waals surface area contributed by atoms with Gasteiger partial charge in [-0.05, 0) is 26.7 Å². The van der Waals surface area contributed by atoms with Crippen LogP contribution >= 0.6 is 0 Å². The summed E-state index contributed by atoms with van der Waals surface area (Å²) in [5.41, 5.74) is -1.60. The van der Waals surface area contributed by atoms with Gasteiger partial charge in [-0.15, -0.1) is 0 Å². The molecule has 1 aliphatic rings. The Morgan fingerprint density at radius 2 is 2.11 bits per heavy atom. The number of carboxylic acid groups (broad SMARTS) is 1. The zero-order chi connectivity index (χ0) is 14.7. The Labute approximate surface area is 113 Å². The summed E-state index contributed by atoms with van der Waals surface area (Å²) in [4.78, 5) is 10.5. The predicted molar refractivity (Wildman–Crippen MR) is 69.8 cm³/mol. The van der Waals surface area contributed by atoms with Crippen molar-refractivity contribution in [2.45, 2.75) is 51.2 Å². The van der Waals surface area contributed by atoms with Crippen LogP contribution in [0.1, 0.15) is 39.5 Å². The lowest BCUT2D eigenvalue weighted by Gasteiger charge is -2.33. The number of piperidine rings is 1. The maximum atomic E-state index is 12.1. The van der Waals surface area contributed by atoms with E-state index >= 15 is 0 Å². The molecular weight excluding hydrogens is 272 g/mol. The Morgan fingerprint density at radius 1 is 1.47 bits per heavy atom. The molecular formula is C11H22N2O5S. The topological polar surface area (TPSA) is 107 Å². The Morgan fingerprint density at radius 3 is 2.63 bits per heavy atom. The van der Waals surface area contributed by atoms with Crippen molar-refractivity contribution in [3.8, 4) is 0 Å². The van der Waals surface area contributed by atoms with Crippen molar-refractivity contribution >= 4 is 16.2 Å². The third kappa shape index (κ3) is 5.06. The second kappa shape index (κ2) is 6.17. The van der Waals surface area contributed by atoms with E-state index in [4.69, 9.17) is 5.11 Å². The van der Waals surface area contributed by atoms with Crippen molar-refractivity contribution in [2.24, 2.45) is 0 Å². The van der Waals surface area contributed by atoms with E-state index in [0.29, 0.717) is 6.54 Å². The van der Waals surface area contributed by atoms with Crippen LogP contribution in [-0.4, -0.2) is 53.6 Å². The minimum Gasteiger partial charge on any atom is -0.481 e. The first-order valence-corrected chi connectivity index (χ1v) is 7.79. The van der Waals surface area contributed by atoms with Crippen LogP contribution < -0.4 is 4.72 Å². The first-order chi connectivity index (χ1) is 8.64. The highest BCUT2D eigenvalue weighted by Crippen LogP contribution is 2.19. The molecule has 2 atom stereocenters. The zero-order valence-corrected chi connectivity index (χ0v) is 12.1. The molecule has 0 spiro atoms. The number of aliphatic carboxylic acids is 1. The summed E-state index contributed by atoms with van der Waals surface area (Å²) in [5.74, 6) is -1.17. The Hall–Kier alpha value is -0.700. The largest absolute Gasteiger partial charge is 0.481 e. The van der Waals surface area contributed by atoms with Crippen molar-refractivity contribution < 1.29 is 23.4 Å². The Bertz CT molecular complexity index is 421. The Kier molecular flexibility index (Phi) is 5.31. The maximum absolute atomic E-state index is 12.1. The van der Waals surface area contributed by atoms with Gasteiger partial charge in [0.1, 0.15) is 0 Å². The van der Waals surface area contributed by atoms with E-state index in [1.54, 1.807) is 0 Å². The summed E-state index contributed by atoms with van der Waals surface area (Å²) in [6.07, 6.45) is 2.12. The van der Waals surface area contributed by atoms with Gasteiger partial charge in [0.25, 0.3) is 10.2 Å². The quantitative estimate of drug-likeness (QED) is 0.635. The molecule has 112 valence electrons. The number of hydrogen-bond donors (Lipinski definition) is 3. The van der Waals surface area contributed by atoms with Crippen LogP contribution in [-0.2, 0) is 15.0 Å². The molecule has 1 aliphatic heterocycles. The summed E-state index contributed by atoms with van der Waals surface area (Å²) in [6.45, 7) is 3.28. The first kappa shape index (κ1) is 16.4. The fourth-order valence-corrected chi connectivity index (χ4v) is 3.75. The summed E-state index contributed by atoms with van der Waals surface area (Å²) in [6, 6.07) is -0.0735. The standard InChI is InChI=1S/C11H22N2O5S/c1-9-5-3-4-6-13(9)19(17,18)12-8-11(2,16)7-10(14)15/h9,12,16H,3-8H2,1-2H3,(H,14,15). The molecule has 7 nitrogen and oxygen atoms in total. The monoisotopic (exact) mass is 294 g/mol. The molecule has 1 heterocycles. The molecule has 0 radical (unpaired) electrons. The molecule has 1 fully saturated rings. The van der Waals surface area contributed by atoms with Crippen LogP contribution in [0.25, 0.3) is 0 Å². The molecule has 0 amide bonds. The van der Waals surface area contributed by atoms with Crippen LogP contribution in [0, 0.1) is 0 Å². The third-order valence-electron chi connectivity index (χ3n) is 3.22. The van der Waals surface area contributed by atoms with Gasteiger partial charge in [0.05, 0.1) is 12.0 Å². The van der Waals surface area contributed by atoms with Crippen molar-refractivity contribution in [3.63, 3.8) is 0 Å². The van der Waals surface area contributed by atoms with Gasteiger partial charge in [-0.25, -0.2) is 0 Å². The summed E-state index contributed by atoms with van der Waals surface area (Å²) in [5, 5.41) is 18.4. The number of hydrogen-bond acceptors (Lipinski definition) is 4. The van der Waals surface area contributed by atoms with Gasteiger partial charge in [-0.3, -0.25) is 4.79 Å². The van der Waals surface area contributed by atoms with E-state index < -0.39 is 28.2 Å². The summed E-state index contributed by atoms with van der Waals surface area (Å²) < 4.78 is 27.8. The molecule has 0 bridgehead atoms. The van der Waals surface area contributed by atoms with Gasteiger partial charge < -0.3 is 10.2 Å². The molecule has 19 heavy (non-hydrogen) atoms. The number of carboxylic acids is 1. The zero-order valence-electron chi connectivity index (χ0n) is 11.3. The molecule has 0 aromatic heterocycles. The van der Waals surface area contributed by atoms with Gasteiger partial charge in [-0.1, -0.05) is 6.42 Å². The highest BCUT2D eigenvalue weighted by molar-refractivity contribution is 7.87. The minimum atomic E-state index is -3.67. The number of nitrogens with zero attached hydrogens (tertiary/aromatic N) is 1. The summed E-state index contributed by atoms with van der Waals surface area (Å²) >= 11 is 0. The van der Waals surface area contributed by atoms with Gasteiger partial charge in [0.2, 0.25) is 0 Å². The summed E-state index contributed by atoms with van der Waals surface area (Å²) in [7, 11) is -3.67. The van der Waals surface area contributed by atoms with Gasteiger partial charge >= 0.3 is 5.97 Å². The molecule has 1 rings (SSSR count). The van der Waals surface area contributed by atoms with Crippen LogP contribution in [0.5, 0.6) is 0 Å². The lowest BCUT2D eigenvalue weighted by atomic mass is 10.0. The van der Waals surface area contributed by atoms with Crippen molar-refractivity contribution in [3.05, 3.63) is 0 Å². The number of aliphatic hydroxyl groups is 1. The fourth-order valence-electron chi connectivity index (χ4n) is 2.15. The van der Waals surface area contributed by atoms with E-state index in [-0.39, 0.29) is 12.6 Å². The average molecular weight is 294 g/mol. The molecule has 2 unspecified atom stereocenters. The predicted octanol–water partition coefficient (Wildman–Crippen LogP) is -0.0791. The normalized spacial score (nSPS) is 24.9. The number of carbonyl (C=O) groups is 1. The SMILES string of the molecule is CC1CCCCN1S(=O)(=O)NCC(C)(O)CC(=O)O. The average Bonchev–Trinajstić information content (AvgIpc) is 2.25. The molecule has 0 aromatic carbocycles. The van der Waals surface area contributed by atoms with Crippen molar-refractivity contribution in [1.82, 2.24) is 9.03 Å². The van der Waals surface area contributed by atoms with E-state index in [1.807, 2.05) is 6.92 Å². The van der Waals surface area contributed by atoms with Crippen LogP contribution in [0.2, 0.25) is 0 Å². The van der Waals surface area contributed by atoms with Gasteiger partial charge in [-0.2, -0.15) is 17.4 Å². The number of rotatable bonds is 6. The van der Waals surface area contributed by atoms with Crippen LogP contribution in [0.4, 0.5) is 0 Å². The van der Waals surface area contributed by atoms with Crippen LogP contribution in [0.3, 0.4) is 0 Å². The molecule has 3 N–H and O–H groups in total. The second-order valence-corrected chi connectivity index (χ2v) is 7.06. The van der Waals surface area contributed by atoms with Crippen molar-refractivity contribution in [1.29, 1.82) is 0 Å². The molecule has 8 heteroatoms. The highest BCUT2D eigenvalue weighted by Gasteiger charge is 2.32. The molecule has 0 aliphatic carbocycles. The third-order valence-corrected chi connectivity index (χ3v) is 4.89. The molecule has 1 saturated heterocycles. The van der Waals surface area contributed by atoms with E-state index in [1.165, 1.54) is 11.2 Å². The van der Waals surface area contributed by atoms with E-state index in [0.717, 1.165) is 19.3 Å². The van der Waals surface area contributed by atoms with Gasteiger partial charge in [0.15, 0.2) is 0 Å².